The maximum absolute atomic E-state index is 12.4. The molecular weight excluding hydrogens is 370 g/mol. The second kappa shape index (κ2) is 7.47. The average molecular weight is 404 g/mol. The van der Waals surface area contributed by atoms with E-state index in [4.69, 9.17) is 0 Å². The van der Waals surface area contributed by atoms with E-state index in [2.05, 4.69) is 46.1 Å². The van der Waals surface area contributed by atoms with Gasteiger partial charge in [-0.25, -0.2) is 5.43 Å². The van der Waals surface area contributed by atoms with Crippen LogP contribution < -0.4 is 5.43 Å². The molecule has 0 radical (unpaired) electrons. The van der Waals surface area contributed by atoms with E-state index in [1.165, 1.54) is 62.4 Å². The molecule has 1 aromatic rings. The first-order chi connectivity index (χ1) is 13.3. The van der Waals surface area contributed by atoms with E-state index < -0.39 is 0 Å². The second-order valence-corrected chi connectivity index (χ2v) is 10.5. The number of hydrogen-bond acceptors (Lipinski definition) is 5. The van der Waals surface area contributed by atoms with Crippen molar-refractivity contribution in [2.75, 3.05) is 5.75 Å². The molecule has 2 unspecified atom stereocenters. The largest absolute Gasteiger partial charge is 0.303 e. The number of nitrogens with one attached hydrogen (secondary N) is 1. The van der Waals surface area contributed by atoms with Crippen molar-refractivity contribution < 1.29 is 4.79 Å². The molecule has 0 saturated heterocycles. The standard InChI is InChI=1S/C21H33N5OS/c1-14-22-25-19(26(14)16-8-6-5-7-9-16)28-13-18(27)24-23-17-12-15-10-11-21(17,4)20(15,2)3/h15-16H,5-13H2,1-4H3,(H,24,27). The van der Waals surface area contributed by atoms with Crippen LogP contribution in [0.15, 0.2) is 10.3 Å². The van der Waals surface area contributed by atoms with Crippen molar-refractivity contribution in [3.63, 3.8) is 0 Å². The molecule has 154 valence electrons. The van der Waals surface area contributed by atoms with Gasteiger partial charge in [0.05, 0.1) is 5.75 Å². The maximum atomic E-state index is 12.4. The predicted octanol–water partition coefficient (Wildman–Crippen LogP) is 4.50. The molecule has 3 aliphatic carbocycles. The van der Waals surface area contributed by atoms with Crippen molar-refractivity contribution >= 4 is 23.4 Å². The highest BCUT2D eigenvalue weighted by atomic mass is 32.2. The highest BCUT2D eigenvalue weighted by Gasteiger charge is 2.60. The van der Waals surface area contributed by atoms with E-state index in [0.717, 1.165) is 17.4 Å². The van der Waals surface area contributed by atoms with Crippen molar-refractivity contribution in [1.82, 2.24) is 20.2 Å². The number of nitrogens with zero attached hydrogens (tertiary/aromatic N) is 4. The van der Waals surface area contributed by atoms with Crippen LogP contribution >= 0.6 is 11.8 Å². The third kappa shape index (κ3) is 3.29. The quantitative estimate of drug-likeness (QED) is 0.580. The van der Waals surface area contributed by atoms with E-state index in [0.29, 0.717) is 17.7 Å². The predicted molar refractivity (Wildman–Crippen MR) is 112 cm³/mol. The van der Waals surface area contributed by atoms with Gasteiger partial charge in [-0.15, -0.1) is 10.2 Å². The number of thioether (sulfide) groups is 1. The fraction of sp³-hybridized carbons (Fsp3) is 0.810. The molecule has 1 heterocycles. The van der Waals surface area contributed by atoms with Gasteiger partial charge in [-0.05, 0) is 50.4 Å². The van der Waals surface area contributed by atoms with E-state index in [1.54, 1.807) is 0 Å². The Morgan fingerprint density at radius 3 is 2.61 bits per heavy atom. The molecule has 0 aromatic carbocycles. The van der Waals surface area contributed by atoms with Crippen molar-refractivity contribution in [2.45, 2.75) is 90.3 Å². The first kappa shape index (κ1) is 19.9. The monoisotopic (exact) mass is 403 g/mol. The van der Waals surface area contributed by atoms with Gasteiger partial charge in [0.25, 0.3) is 5.91 Å². The highest BCUT2D eigenvalue weighted by molar-refractivity contribution is 7.99. The fourth-order valence-corrected chi connectivity index (χ4v) is 6.44. The molecule has 0 aliphatic heterocycles. The van der Waals surface area contributed by atoms with Crippen LogP contribution in [0.4, 0.5) is 0 Å². The van der Waals surface area contributed by atoms with Gasteiger partial charge in [0.2, 0.25) is 0 Å². The summed E-state index contributed by atoms with van der Waals surface area (Å²) in [5, 5.41) is 14.0. The summed E-state index contributed by atoms with van der Waals surface area (Å²) >= 11 is 1.47. The van der Waals surface area contributed by atoms with Gasteiger partial charge in [0, 0.05) is 17.2 Å². The Balaban J connectivity index is 1.36. The Hall–Kier alpha value is -1.37. The molecule has 2 atom stereocenters. The van der Waals surface area contributed by atoms with Gasteiger partial charge in [0.15, 0.2) is 5.16 Å². The lowest BCUT2D eigenvalue weighted by Crippen LogP contribution is -2.34. The minimum Gasteiger partial charge on any atom is -0.303 e. The van der Waals surface area contributed by atoms with E-state index >= 15 is 0 Å². The number of hydrazone groups is 1. The zero-order valence-electron chi connectivity index (χ0n) is 17.6. The normalized spacial score (nSPS) is 30.9. The third-order valence-electron chi connectivity index (χ3n) is 7.93. The summed E-state index contributed by atoms with van der Waals surface area (Å²) in [5.74, 6) is 1.91. The van der Waals surface area contributed by atoms with Crippen LogP contribution in [0, 0.1) is 23.7 Å². The van der Waals surface area contributed by atoms with Crippen LogP contribution in [0.25, 0.3) is 0 Å². The summed E-state index contributed by atoms with van der Waals surface area (Å²) in [5.41, 5.74) is 4.39. The van der Waals surface area contributed by atoms with Gasteiger partial charge in [-0.2, -0.15) is 5.10 Å². The van der Waals surface area contributed by atoms with Gasteiger partial charge in [-0.3, -0.25) is 4.79 Å². The molecule has 4 rings (SSSR count). The molecule has 3 saturated carbocycles. The molecule has 3 aliphatic rings. The lowest BCUT2D eigenvalue weighted by atomic mass is 9.70. The molecule has 28 heavy (non-hydrogen) atoms. The van der Waals surface area contributed by atoms with E-state index in [-0.39, 0.29) is 16.7 Å². The lowest BCUT2D eigenvalue weighted by Gasteiger charge is -2.34. The Morgan fingerprint density at radius 2 is 1.96 bits per heavy atom. The van der Waals surface area contributed by atoms with Gasteiger partial charge >= 0.3 is 0 Å². The Labute approximate surface area is 172 Å². The third-order valence-corrected chi connectivity index (χ3v) is 8.88. The molecule has 1 aromatic heterocycles. The molecule has 7 heteroatoms. The van der Waals surface area contributed by atoms with Crippen LogP contribution in [0.3, 0.4) is 0 Å². The first-order valence-electron chi connectivity index (χ1n) is 10.7. The SMILES string of the molecule is Cc1nnc(SCC(=O)NN=C2CC3CCC2(C)C3(C)C)n1C1CCCCC1. The number of amides is 1. The van der Waals surface area contributed by atoms with Crippen LogP contribution in [0.2, 0.25) is 0 Å². The summed E-state index contributed by atoms with van der Waals surface area (Å²) in [6.07, 6.45) is 9.69. The van der Waals surface area contributed by atoms with Crippen LogP contribution in [-0.2, 0) is 4.79 Å². The molecule has 0 spiro atoms. The summed E-state index contributed by atoms with van der Waals surface area (Å²) in [4.78, 5) is 12.4. The molecule has 2 bridgehead atoms. The number of hydrogen-bond donors (Lipinski definition) is 1. The summed E-state index contributed by atoms with van der Waals surface area (Å²) in [7, 11) is 0. The molecule has 3 fully saturated rings. The molecule has 6 nitrogen and oxygen atoms in total. The van der Waals surface area contributed by atoms with Crippen molar-refractivity contribution in [2.24, 2.45) is 21.8 Å². The van der Waals surface area contributed by atoms with Crippen molar-refractivity contribution in [3.05, 3.63) is 5.82 Å². The first-order valence-corrected chi connectivity index (χ1v) is 11.7. The van der Waals surface area contributed by atoms with Crippen molar-refractivity contribution in [3.8, 4) is 0 Å². The lowest BCUT2D eigenvalue weighted by molar-refractivity contribution is -0.118. The van der Waals surface area contributed by atoms with Crippen molar-refractivity contribution in [1.29, 1.82) is 0 Å². The van der Waals surface area contributed by atoms with Crippen LogP contribution in [0.1, 0.15) is 84.0 Å². The molecular formula is C21H33N5OS. The Bertz CT molecular complexity index is 780. The Kier molecular flexibility index (Phi) is 5.31. The van der Waals surface area contributed by atoms with Gasteiger partial charge in [0.1, 0.15) is 5.82 Å². The minimum absolute atomic E-state index is 0.0578. The number of carbonyl (C=O) groups excluding carboxylic acids is 1. The fourth-order valence-electron chi connectivity index (χ4n) is 5.60. The minimum atomic E-state index is -0.0578. The number of fused-ring (bicyclic) bond motifs is 2. The van der Waals surface area contributed by atoms with Gasteiger partial charge in [-0.1, -0.05) is 51.8 Å². The van der Waals surface area contributed by atoms with E-state index in [1.807, 2.05) is 6.92 Å². The summed E-state index contributed by atoms with van der Waals surface area (Å²) in [6.45, 7) is 9.03. The number of rotatable bonds is 5. The molecule has 1 amide bonds. The van der Waals surface area contributed by atoms with E-state index in [9.17, 15) is 4.79 Å². The second-order valence-electron chi connectivity index (χ2n) is 9.57. The number of aromatic nitrogens is 3. The topological polar surface area (TPSA) is 72.2 Å². The smallest absolute Gasteiger partial charge is 0.250 e. The van der Waals surface area contributed by atoms with Gasteiger partial charge < -0.3 is 4.57 Å². The average Bonchev–Trinajstić information content (AvgIpc) is 3.22. The molecule has 1 N–H and O–H groups in total. The van der Waals surface area contributed by atoms with Crippen LogP contribution in [-0.4, -0.2) is 32.1 Å². The summed E-state index contributed by atoms with van der Waals surface area (Å²) in [6, 6.07) is 0.478. The number of carbonyl (C=O) groups is 1. The zero-order valence-corrected chi connectivity index (χ0v) is 18.4. The summed E-state index contributed by atoms with van der Waals surface area (Å²) < 4.78 is 2.24. The Morgan fingerprint density at radius 1 is 1.21 bits per heavy atom. The van der Waals surface area contributed by atoms with Crippen LogP contribution in [0.5, 0.6) is 0 Å². The highest BCUT2D eigenvalue weighted by Crippen LogP contribution is 2.63. The maximum Gasteiger partial charge on any atom is 0.250 e. The number of aryl methyl sites for hydroxylation is 1. The zero-order chi connectivity index (χ0) is 19.9.